The van der Waals surface area contributed by atoms with E-state index in [-0.39, 0.29) is 23.6 Å². The maximum absolute atomic E-state index is 11.7. The molecular formula is C13H24N4O2S. The predicted molar refractivity (Wildman–Crippen MR) is 80.8 cm³/mol. The monoisotopic (exact) mass is 300 g/mol. The number of nitrogens with two attached hydrogens (primary N) is 1. The molecule has 1 fully saturated rings. The Morgan fingerprint density at radius 1 is 1.50 bits per heavy atom. The number of aromatic nitrogens is 2. The maximum atomic E-state index is 11.7. The van der Waals surface area contributed by atoms with E-state index >= 15 is 0 Å². The van der Waals surface area contributed by atoms with E-state index in [1.165, 1.54) is 0 Å². The van der Waals surface area contributed by atoms with Gasteiger partial charge in [0.15, 0.2) is 9.84 Å². The van der Waals surface area contributed by atoms with Gasteiger partial charge >= 0.3 is 0 Å². The predicted octanol–water partition coefficient (Wildman–Crippen LogP) is 0.242. The Morgan fingerprint density at radius 3 is 2.70 bits per heavy atom. The second-order valence-electron chi connectivity index (χ2n) is 5.85. The molecule has 0 aliphatic carbocycles. The number of aryl methyl sites for hydroxylation is 2. The fraction of sp³-hybridized carbons (Fsp3) is 0.769. The van der Waals surface area contributed by atoms with Gasteiger partial charge in [0.2, 0.25) is 0 Å². The van der Waals surface area contributed by atoms with Gasteiger partial charge in [0, 0.05) is 31.2 Å². The Morgan fingerprint density at radius 2 is 2.15 bits per heavy atom. The van der Waals surface area contributed by atoms with Gasteiger partial charge < -0.3 is 10.6 Å². The number of rotatable bonds is 3. The number of sulfone groups is 1. The lowest BCUT2D eigenvalue weighted by molar-refractivity contribution is 0.560. The highest BCUT2D eigenvalue weighted by atomic mass is 32.2. The summed E-state index contributed by atoms with van der Waals surface area (Å²) in [5.74, 6) is 1.43. The van der Waals surface area contributed by atoms with Crippen LogP contribution in [-0.4, -0.2) is 48.3 Å². The molecule has 2 unspecified atom stereocenters. The summed E-state index contributed by atoms with van der Waals surface area (Å²) < 4.78 is 25.3. The SMILES string of the molecule is Cc1nn(C)c(N2CCS(=O)(=O)CC2C)c1CC(C)N. The molecule has 1 aromatic rings. The van der Waals surface area contributed by atoms with Gasteiger partial charge in [0.25, 0.3) is 0 Å². The first-order valence-electron chi connectivity index (χ1n) is 6.96. The van der Waals surface area contributed by atoms with Crippen molar-refractivity contribution < 1.29 is 8.42 Å². The molecule has 2 rings (SSSR count). The lowest BCUT2D eigenvalue weighted by Gasteiger charge is -2.35. The van der Waals surface area contributed by atoms with Gasteiger partial charge in [-0.3, -0.25) is 4.68 Å². The number of anilines is 1. The van der Waals surface area contributed by atoms with E-state index in [1.54, 1.807) is 0 Å². The first-order chi connectivity index (χ1) is 9.21. The maximum Gasteiger partial charge on any atom is 0.154 e. The first kappa shape index (κ1) is 15.3. The Kier molecular flexibility index (Phi) is 4.11. The minimum absolute atomic E-state index is 0.0321. The van der Waals surface area contributed by atoms with E-state index in [2.05, 4.69) is 10.00 Å². The summed E-state index contributed by atoms with van der Waals surface area (Å²) in [7, 11) is -1.01. The summed E-state index contributed by atoms with van der Waals surface area (Å²) in [6.07, 6.45) is 0.755. The van der Waals surface area contributed by atoms with Crippen LogP contribution in [-0.2, 0) is 23.3 Å². The van der Waals surface area contributed by atoms with Crippen molar-refractivity contribution in [3.63, 3.8) is 0 Å². The second kappa shape index (κ2) is 5.37. The quantitative estimate of drug-likeness (QED) is 0.865. The van der Waals surface area contributed by atoms with Gasteiger partial charge in [-0.2, -0.15) is 5.10 Å². The van der Waals surface area contributed by atoms with Crippen molar-refractivity contribution in [2.75, 3.05) is 23.0 Å². The van der Waals surface area contributed by atoms with E-state index in [0.717, 1.165) is 23.5 Å². The second-order valence-corrected chi connectivity index (χ2v) is 8.08. The average molecular weight is 300 g/mol. The van der Waals surface area contributed by atoms with Crippen LogP contribution in [0.5, 0.6) is 0 Å². The summed E-state index contributed by atoms with van der Waals surface area (Å²) in [4.78, 5) is 2.15. The molecule has 0 radical (unpaired) electrons. The standard InChI is InChI=1S/C13H24N4O2S/c1-9(14)7-12-11(3)15-16(4)13(12)17-5-6-20(18,19)8-10(17)2/h9-10H,5-8,14H2,1-4H3. The molecule has 0 amide bonds. The topological polar surface area (TPSA) is 81.2 Å². The number of hydrogen-bond donors (Lipinski definition) is 1. The molecule has 114 valence electrons. The molecule has 1 aliphatic heterocycles. The molecule has 1 saturated heterocycles. The molecule has 7 heteroatoms. The van der Waals surface area contributed by atoms with Crippen LogP contribution in [0.4, 0.5) is 5.82 Å². The van der Waals surface area contributed by atoms with E-state index in [4.69, 9.17) is 5.73 Å². The van der Waals surface area contributed by atoms with Crippen molar-refractivity contribution in [1.82, 2.24) is 9.78 Å². The molecule has 6 nitrogen and oxygen atoms in total. The van der Waals surface area contributed by atoms with Crippen LogP contribution >= 0.6 is 0 Å². The fourth-order valence-electron chi connectivity index (χ4n) is 2.92. The fourth-order valence-corrected chi connectivity index (χ4v) is 4.48. The third-order valence-electron chi connectivity index (χ3n) is 3.78. The van der Waals surface area contributed by atoms with Gasteiger partial charge in [-0.25, -0.2) is 8.42 Å². The van der Waals surface area contributed by atoms with Gasteiger partial charge in [0.1, 0.15) is 5.82 Å². The molecule has 0 spiro atoms. The van der Waals surface area contributed by atoms with Gasteiger partial charge in [0.05, 0.1) is 17.2 Å². The summed E-state index contributed by atoms with van der Waals surface area (Å²) in [5.41, 5.74) is 8.03. The Bertz CT molecular complexity index is 592. The molecular weight excluding hydrogens is 276 g/mol. The van der Waals surface area contributed by atoms with Crippen LogP contribution in [0.25, 0.3) is 0 Å². The van der Waals surface area contributed by atoms with Crippen LogP contribution in [0.3, 0.4) is 0 Å². The van der Waals surface area contributed by atoms with Crippen molar-refractivity contribution in [1.29, 1.82) is 0 Å². The lowest BCUT2D eigenvalue weighted by atomic mass is 10.1. The van der Waals surface area contributed by atoms with Gasteiger partial charge in [-0.1, -0.05) is 0 Å². The molecule has 0 aromatic carbocycles. The molecule has 1 aromatic heterocycles. The summed E-state index contributed by atoms with van der Waals surface area (Å²) in [5, 5.41) is 4.48. The number of hydrogen-bond acceptors (Lipinski definition) is 5. The molecule has 2 heterocycles. The zero-order chi connectivity index (χ0) is 15.1. The normalized spacial score (nSPS) is 23.9. The molecule has 20 heavy (non-hydrogen) atoms. The highest BCUT2D eigenvalue weighted by Crippen LogP contribution is 2.28. The third-order valence-corrected chi connectivity index (χ3v) is 5.58. The average Bonchev–Trinajstić information content (AvgIpc) is 2.53. The lowest BCUT2D eigenvalue weighted by Crippen LogP contribution is -2.48. The largest absolute Gasteiger partial charge is 0.352 e. The zero-order valence-electron chi connectivity index (χ0n) is 12.6. The van der Waals surface area contributed by atoms with Crippen LogP contribution in [0.1, 0.15) is 25.1 Å². The van der Waals surface area contributed by atoms with Crippen molar-refractivity contribution in [2.24, 2.45) is 12.8 Å². The van der Waals surface area contributed by atoms with Crippen LogP contribution in [0.15, 0.2) is 0 Å². The van der Waals surface area contributed by atoms with E-state index in [9.17, 15) is 8.42 Å². The van der Waals surface area contributed by atoms with Crippen molar-refractivity contribution in [3.8, 4) is 0 Å². The van der Waals surface area contributed by atoms with Crippen LogP contribution < -0.4 is 10.6 Å². The molecule has 2 N–H and O–H groups in total. The van der Waals surface area contributed by atoms with Gasteiger partial charge in [-0.05, 0) is 27.2 Å². The van der Waals surface area contributed by atoms with E-state index < -0.39 is 9.84 Å². The summed E-state index contributed by atoms with van der Waals surface area (Å²) in [6.45, 7) is 6.43. The van der Waals surface area contributed by atoms with Crippen LogP contribution in [0.2, 0.25) is 0 Å². The van der Waals surface area contributed by atoms with E-state index in [0.29, 0.717) is 6.54 Å². The minimum atomic E-state index is -2.91. The zero-order valence-corrected chi connectivity index (χ0v) is 13.4. The number of nitrogens with zero attached hydrogens (tertiary/aromatic N) is 3. The van der Waals surface area contributed by atoms with Crippen molar-refractivity contribution in [3.05, 3.63) is 11.3 Å². The summed E-state index contributed by atoms with van der Waals surface area (Å²) >= 11 is 0. The Balaban J connectivity index is 2.37. The molecule has 0 bridgehead atoms. The third kappa shape index (κ3) is 2.98. The van der Waals surface area contributed by atoms with Crippen LogP contribution in [0, 0.1) is 6.92 Å². The molecule has 2 atom stereocenters. The smallest absolute Gasteiger partial charge is 0.154 e. The van der Waals surface area contributed by atoms with Crippen molar-refractivity contribution in [2.45, 2.75) is 39.3 Å². The highest BCUT2D eigenvalue weighted by molar-refractivity contribution is 7.91. The van der Waals surface area contributed by atoms with Crippen molar-refractivity contribution >= 4 is 15.7 Å². The minimum Gasteiger partial charge on any atom is -0.352 e. The van der Waals surface area contributed by atoms with E-state index in [1.807, 2.05) is 32.5 Å². The molecule has 0 saturated carbocycles. The Hall–Kier alpha value is -1.08. The molecule has 1 aliphatic rings. The first-order valence-corrected chi connectivity index (χ1v) is 8.78. The summed E-state index contributed by atoms with van der Waals surface area (Å²) in [6, 6.07) is 0.0239. The van der Waals surface area contributed by atoms with Gasteiger partial charge in [-0.15, -0.1) is 0 Å². The Labute approximate surface area is 120 Å². The highest BCUT2D eigenvalue weighted by Gasteiger charge is 2.31.